The number of amides is 1. The largest absolute Gasteiger partial charge is 0.444 e. The van der Waals surface area contributed by atoms with Gasteiger partial charge < -0.3 is 20.1 Å². The van der Waals surface area contributed by atoms with Crippen LogP contribution in [0.5, 0.6) is 0 Å². The van der Waals surface area contributed by atoms with E-state index in [1.807, 2.05) is 20.8 Å². The molecule has 1 unspecified atom stereocenters. The smallest absolute Gasteiger partial charge is 0.407 e. The van der Waals surface area contributed by atoms with E-state index < -0.39 is 5.60 Å². The molecule has 0 saturated heterocycles. The van der Waals surface area contributed by atoms with Crippen molar-refractivity contribution < 1.29 is 14.3 Å². The van der Waals surface area contributed by atoms with Crippen LogP contribution in [0.2, 0.25) is 0 Å². The van der Waals surface area contributed by atoms with Crippen LogP contribution in [0.25, 0.3) is 0 Å². The number of ether oxygens (including phenoxy) is 2. The third-order valence-electron chi connectivity index (χ3n) is 3.65. The molecule has 0 bridgehead atoms. The van der Waals surface area contributed by atoms with E-state index in [-0.39, 0.29) is 12.1 Å². The molecule has 0 aromatic carbocycles. The average Bonchev–Trinajstić information content (AvgIpc) is 2.36. The van der Waals surface area contributed by atoms with E-state index in [1.54, 1.807) is 7.11 Å². The van der Waals surface area contributed by atoms with Crippen molar-refractivity contribution in [3.8, 4) is 0 Å². The fraction of sp³-hybridized carbons (Fsp3) is 0.938. The molecule has 0 spiro atoms. The third-order valence-corrected chi connectivity index (χ3v) is 3.65. The fourth-order valence-electron chi connectivity index (χ4n) is 2.63. The number of rotatable bonds is 6. The van der Waals surface area contributed by atoms with Gasteiger partial charge in [-0.1, -0.05) is 6.92 Å². The Kier molecular flexibility index (Phi) is 7.46. The van der Waals surface area contributed by atoms with E-state index in [0.717, 1.165) is 38.8 Å². The Hall–Kier alpha value is -0.810. The van der Waals surface area contributed by atoms with E-state index in [0.29, 0.717) is 12.0 Å². The number of hydrogen-bond acceptors (Lipinski definition) is 4. The Morgan fingerprint density at radius 1 is 1.19 bits per heavy atom. The van der Waals surface area contributed by atoms with Gasteiger partial charge in [-0.05, 0) is 52.4 Å². The minimum Gasteiger partial charge on any atom is -0.444 e. The van der Waals surface area contributed by atoms with Crippen molar-refractivity contribution in [1.82, 2.24) is 10.6 Å². The summed E-state index contributed by atoms with van der Waals surface area (Å²) in [6, 6.07) is 0.801. The Morgan fingerprint density at radius 3 is 2.29 bits per heavy atom. The van der Waals surface area contributed by atoms with E-state index in [1.165, 1.54) is 0 Å². The van der Waals surface area contributed by atoms with E-state index in [4.69, 9.17) is 9.47 Å². The summed E-state index contributed by atoms with van der Waals surface area (Å²) in [5.74, 6) is 0.535. The van der Waals surface area contributed by atoms with E-state index in [9.17, 15) is 4.79 Å². The van der Waals surface area contributed by atoms with E-state index in [2.05, 4.69) is 17.6 Å². The first kappa shape index (κ1) is 18.2. The molecule has 0 aromatic heterocycles. The number of nitrogens with one attached hydrogen (secondary N) is 2. The van der Waals surface area contributed by atoms with Crippen LogP contribution >= 0.6 is 0 Å². The summed E-state index contributed by atoms with van der Waals surface area (Å²) in [5.41, 5.74) is -0.430. The first-order valence-electron chi connectivity index (χ1n) is 8.02. The fourth-order valence-corrected chi connectivity index (χ4v) is 2.63. The van der Waals surface area contributed by atoms with Crippen molar-refractivity contribution in [3.05, 3.63) is 0 Å². The second kappa shape index (κ2) is 8.59. The topological polar surface area (TPSA) is 59.6 Å². The summed E-state index contributed by atoms with van der Waals surface area (Å²) in [4.78, 5) is 11.7. The molecule has 1 atom stereocenters. The van der Waals surface area contributed by atoms with E-state index >= 15 is 0 Å². The standard InChI is InChI=1S/C16H32N2O3/c1-12(11-20-5)10-17-13-6-8-14(9-7-13)18-15(19)21-16(2,3)4/h12-14,17H,6-11H2,1-5H3,(H,18,19). The highest BCUT2D eigenvalue weighted by molar-refractivity contribution is 5.68. The summed E-state index contributed by atoms with van der Waals surface area (Å²) in [6.07, 6.45) is 3.92. The van der Waals surface area contributed by atoms with Gasteiger partial charge >= 0.3 is 6.09 Å². The quantitative estimate of drug-likeness (QED) is 0.792. The lowest BCUT2D eigenvalue weighted by Crippen LogP contribution is -2.44. The van der Waals surface area contributed by atoms with Crippen molar-refractivity contribution in [2.45, 2.75) is 71.1 Å². The molecule has 1 fully saturated rings. The first-order valence-corrected chi connectivity index (χ1v) is 8.02. The van der Waals surface area contributed by atoms with Gasteiger partial charge in [-0.2, -0.15) is 0 Å². The Bertz CT molecular complexity index is 307. The van der Waals surface area contributed by atoms with Gasteiger partial charge in [-0.25, -0.2) is 4.79 Å². The molecular formula is C16H32N2O3. The van der Waals surface area contributed by atoms with Gasteiger partial charge in [0, 0.05) is 32.3 Å². The maximum Gasteiger partial charge on any atom is 0.407 e. The van der Waals surface area contributed by atoms with Crippen molar-refractivity contribution in [2.75, 3.05) is 20.3 Å². The van der Waals surface area contributed by atoms with Crippen LogP contribution in [0.15, 0.2) is 0 Å². The SMILES string of the molecule is COCC(C)CNC1CCC(NC(=O)OC(C)(C)C)CC1. The van der Waals surface area contributed by atoms with Crippen LogP contribution in [0, 0.1) is 5.92 Å². The lowest BCUT2D eigenvalue weighted by molar-refractivity contribution is 0.0489. The highest BCUT2D eigenvalue weighted by Crippen LogP contribution is 2.19. The first-order chi connectivity index (χ1) is 9.80. The molecule has 5 heteroatoms. The molecule has 1 aliphatic rings. The molecule has 5 nitrogen and oxygen atoms in total. The summed E-state index contributed by atoms with van der Waals surface area (Å²) < 4.78 is 10.4. The number of alkyl carbamates (subject to hydrolysis) is 1. The molecule has 0 radical (unpaired) electrons. The summed E-state index contributed by atoms with van der Waals surface area (Å²) in [7, 11) is 1.74. The monoisotopic (exact) mass is 300 g/mol. The number of carbonyl (C=O) groups is 1. The minimum absolute atomic E-state index is 0.245. The lowest BCUT2D eigenvalue weighted by atomic mass is 9.91. The minimum atomic E-state index is -0.430. The van der Waals surface area contributed by atoms with Crippen molar-refractivity contribution in [1.29, 1.82) is 0 Å². The van der Waals surface area contributed by atoms with Crippen molar-refractivity contribution in [2.24, 2.45) is 5.92 Å². The van der Waals surface area contributed by atoms with Crippen LogP contribution in [-0.2, 0) is 9.47 Å². The van der Waals surface area contributed by atoms with Crippen molar-refractivity contribution >= 4 is 6.09 Å². The highest BCUT2D eigenvalue weighted by atomic mass is 16.6. The summed E-state index contributed by atoms with van der Waals surface area (Å²) in [6.45, 7) is 9.62. The van der Waals surface area contributed by atoms with Gasteiger partial charge in [0.05, 0.1) is 0 Å². The molecular weight excluding hydrogens is 268 g/mol. The molecule has 1 rings (SSSR count). The maximum absolute atomic E-state index is 11.7. The normalized spacial score (nSPS) is 24.4. The zero-order valence-corrected chi connectivity index (χ0v) is 14.2. The highest BCUT2D eigenvalue weighted by Gasteiger charge is 2.24. The number of carbonyl (C=O) groups excluding carboxylic acids is 1. The van der Waals surface area contributed by atoms with Crippen LogP contribution in [-0.4, -0.2) is 44.0 Å². The third kappa shape index (κ3) is 8.27. The van der Waals surface area contributed by atoms with Crippen LogP contribution in [0.3, 0.4) is 0 Å². The van der Waals surface area contributed by atoms with Gasteiger partial charge in [-0.3, -0.25) is 0 Å². The number of hydrogen-bond donors (Lipinski definition) is 2. The van der Waals surface area contributed by atoms with Crippen LogP contribution in [0.4, 0.5) is 4.79 Å². The average molecular weight is 300 g/mol. The molecule has 1 amide bonds. The Labute approximate surface area is 129 Å². The van der Waals surface area contributed by atoms with Gasteiger partial charge in [0.15, 0.2) is 0 Å². The molecule has 1 saturated carbocycles. The molecule has 0 aromatic rings. The molecule has 124 valence electrons. The van der Waals surface area contributed by atoms with Crippen molar-refractivity contribution in [3.63, 3.8) is 0 Å². The molecule has 0 heterocycles. The predicted octanol–water partition coefficient (Wildman–Crippen LogP) is 2.69. The van der Waals surface area contributed by atoms with Gasteiger partial charge in [0.25, 0.3) is 0 Å². The van der Waals surface area contributed by atoms with Gasteiger partial charge in [0.2, 0.25) is 0 Å². The lowest BCUT2D eigenvalue weighted by Gasteiger charge is -2.31. The molecule has 2 N–H and O–H groups in total. The zero-order chi connectivity index (χ0) is 15.9. The number of methoxy groups -OCH3 is 1. The summed E-state index contributed by atoms with van der Waals surface area (Å²) >= 11 is 0. The second-order valence-corrected chi connectivity index (χ2v) is 7.16. The van der Waals surface area contributed by atoms with Gasteiger partial charge in [-0.15, -0.1) is 0 Å². The Balaban J connectivity index is 2.19. The Morgan fingerprint density at radius 2 is 1.76 bits per heavy atom. The van der Waals surface area contributed by atoms with Gasteiger partial charge in [0.1, 0.15) is 5.60 Å². The molecule has 21 heavy (non-hydrogen) atoms. The summed E-state index contributed by atoms with van der Waals surface area (Å²) in [5, 5.41) is 6.57. The molecule has 1 aliphatic carbocycles. The molecule has 0 aliphatic heterocycles. The maximum atomic E-state index is 11.7. The predicted molar refractivity (Wildman–Crippen MR) is 84.5 cm³/mol. The van der Waals surface area contributed by atoms with Crippen LogP contribution < -0.4 is 10.6 Å². The zero-order valence-electron chi connectivity index (χ0n) is 14.2. The van der Waals surface area contributed by atoms with Crippen LogP contribution in [0.1, 0.15) is 53.4 Å². The second-order valence-electron chi connectivity index (χ2n) is 7.16.